The number of hydrogen-bond acceptors (Lipinski definition) is 12. The van der Waals surface area contributed by atoms with Crippen molar-refractivity contribution in [2.45, 2.75) is 0 Å². The van der Waals surface area contributed by atoms with Crippen LogP contribution >= 0.6 is 0 Å². The van der Waals surface area contributed by atoms with Crippen molar-refractivity contribution in [3.8, 4) is 0 Å². The van der Waals surface area contributed by atoms with Crippen LogP contribution in [0.25, 0.3) is 11.3 Å². The molecule has 0 radical (unpaired) electrons. The molecule has 1 heterocycles. The van der Waals surface area contributed by atoms with Gasteiger partial charge in [0.25, 0.3) is 5.71 Å². The largest absolute Gasteiger partial charge is 0.769 e. The number of amides is 1. The normalized spacial score (nSPS) is 14.1. The Hall–Kier alpha value is -4.50. The van der Waals surface area contributed by atoms with Crippen molar-refractivity contribution in [1.82, 2.24) is 10.9 Å². The molecule has 0 atom stereocenters. The highest BCUT2D eigenvalue weighted by molar-refractivity contribution is 6.36. The first kappa shape index (κ1) is 23.2. The number of nitrogens with zero attached hydrogens (tertiary/aromatic N) is 3. The van der Waals surface area contributed by atoms with E-state index in [-0.39, 0.29) is 44.8 Å². The molecular weight excluding hydrogens is 442 g/mol. The number of methoxy groups -OCH3 is 1. The summed E-state index contributed by atoms with van der Waals surface area (Å²) in [6.07, 6.45) is 0.117. The van der Waals surface area contributed by atoms with Gasteiger partial charge in [-0.2, -0.15) is 4.90 Å². The molecule has 0 fully saturated rings. The van der Waals surface area contributed by atoms with Gasteiger partial charge in [0.1, 0.15) is 11.3 Å². The lowest BCUT2D eigenvalue weighted by Gasteiger charge is -2.37. The number of hydrogen-bond donors (Lipinski definition) is 4. The van der Waals surface area contributed by atoms with Crippen molar-refractivity contribution in [3.63, 3.8) is 0 Å². The van der Waals surface area contributed by atoms with E-state index in [0.717, 1.165) is 13.3 Å². The molecule has 0 saturated heterocycles. The van der Waals surface area contributed by atoms with Gasteiger partial charge >= 0.3 is 6.09 Å². The van der Waals surface area contributed by atoms with E-state index >= 15 is 0 Å². The number of carbonyl (C=O) groups is 1. The van der Waals surface area contributed by atoms with Gasteiger partial charge in [-0.1, -0.05) is 24.3 Å². The van der Waals surface area contributed by atoms with Crippen molar-refractivity contribution in [1.29, 1.82) is 0 Å². The fraction of sp³-hybridized carbons (Fsp3) is 0.0526. The van der Waals surface area contributed by atoms with E-state index in [2.05, 4.69) is 15.6 Å². The summed E-state index contributed by atoms with van der Waals surface area (Å²) in [5.74, 6) is -0.431. The minimum atomic E-state index is -0.877. The number of allylic oxidation sites excluding steroid dienone is 1. The molecule has 174 valence electrons. The topological polar surface area (TPSA) is 202 Å². The van der Waals surface area contributed by atoms with Crippen LogP contribution in [0.1, 0.15) is 11.1 Å². The zero-order valence-electron chi connectivity index (χ0n) is 16.8. The third kappa shape index (κ3) is 5.05. The zero-order valence-corrected chi connectivity index (χ0v) is 16.8. The van der Waals surface area contributed by atoms with Crippen LogP contribution in [0.3, 0.4) is 0 Å². The predicted octanol–water partition coefficient (Wildman–Crippen LogP) is 2.12. The minimum absolute atomic E-state index is 0.0877. The van der Waals surface area contributed by atoms with E-state index < -0.39 is 21.9 Å². The average molecular weight is 458 g/mol. The lowest BCUT2D eigenvalue weighted by atomic mass is 9.97. The number of anilines is 2. The molecule has 14 nitrogen and oxygen atoms in total. The van der Waals surface area contributed by atoms with Crippen LogP contribution in [0.5, 0.6) is 0 Å². The van der Waals surface area contributed by atoms with Crippen LogP contribution in [0.15, 0.2) is 60.5 Å². The molecule has 33 heavy (non-hydrogen) atoms. The van der Waals surface area contributed by atoms with Crippen molar-refractivity contribution >= 4 is 34.5 Å². The van der Waals surface area contributed by atoms with E-state index in [9.17, 15) is 36.0 Å². The molecule has 0 aromatic heterocycles. The van der Waals surface area contributed by atoms with Crippen molar-refractivity contribution in [2.75, 3.05) is 17.6 Å². The second-order valence-corrected chi connectivity index (χ2v) is 6.33. The summed E-state index contributed by atoms with van der Waals surface area (Å²) >= 11 is 0. The maximum atomic E-state index is 12.0. The summed E-state index contributed by atoms with van der Waals surface area (Å²) in [5, 5.41) is 64.3. The van der Waals surface area contributed by atoms with E-state index in [1.165, 1.54) is 48.5 Å². The van der Waals surface area contributed by atoms with Crippen LogP contribution < -0.4 is 21.3 Å². The van der Waals surface area contributed by atoms with Crippen molar-refractivity contribution in [3.05, 3.63) is 92.4 Å². The van der Waals surface area contributed by atoms with Gasteiger partial charge in [-0.25, -0.2) is 10.2 Å². The first-order valence-corrected chi connectivity index (χ1v) is 9.00. The lowest BCUT2D eigenvalue weighted by Crippen LogP contribution is -2.34. The molecule has 1 amide bonds. The highest BCUT2D eigenvalue weighted by atomic mass is 16.8. The molecule has 2 aromatic rings. The van der Waals surface area contributed by atoms with Gasteiger partial charge < -0.3 is 35.5 Å². The highest BCUT2D eigenvalue weighted by Gasteiger charge is 2.36. The fourth-order valence-electron chi connectivity index (χ4n) is 2.95. The number of rotatable bonds is 6. The smallest absolute Gasteiger partial charge is 0.425 e. The first-order valence-electron chi connectivity index (χ1n) is 9.00. The van der Waals surface area contributed by atoms with Crippen molar-refractivity contribution < 1.29 is 29.6 Å². The van der Waals surface area contributed by atoms with Gasteiger partial charge in [-0.05, 0) is 29.8 Å². The molecule has 0 saturated carbocycles. The molecule has 4 N–H and O–H groups in total. The molecule has 0 aliphatic carbocycles. The summed E-state index contributed by atoms with van der Waals surface area (Å²) in [6, 6.07) is 10.7. The second kappa shape index (κ2) is 9.75. The van der Waals surface area contributed by atoms with E-state index in [1.54, 1.807) is 0 Å². The third-order valence-electron chi connectivity index (χ3n) is 4.34. The van der Waals surface area contributed by atoms with Crippen LogP contribution in [0, 0.1) is 20.8 Å². The van der Waals surface area contributed by atoms with Crippen LogP contribution in [0.4, 0.5) is 16.2 Å². The van der Waals surface area contributed by atoms with Gasteiger partial charge in [0.15, 0.2) is 0 Å². The van der Waals surface area contributed by atoms with Gasteiger partial charge in [-0.15, -0.1) is 5.23 Å². The number of nitrogens with one attached hydrogen (secondary N) is 2. The van der Waals surface area contributed by atoms with E-state index in [1.807, 2.05) is 0 Å². The molecule has 0 bridgehead atoms. The molecule has 0 spiro atoms. The molecule has 14 heteroatoms. The molecule has 0 unspecified atom stereocenters. The second-order valence-electron chi connectivity index (χ2n) is 6.33. The van der Waals surface area contributed by atoms with E-state index in [0.29, 0.717) is 0 Å². The summed E-state index contributed by atoms with van der Waals surface area (Å²) in [4.78, 5) is 10.5. The van der Waals surface area contributed by atoms with Gasteiger partial charge in [-0.3, -0.25) is 15.8 Å². The van der Waals surface area contributed by atoms with Gasteiger partial charge in [0.05, 0.1) is 19.0 Å². The summed E-state index contributed by atoms with van der Waals surface area (Å²) < 4.78 is 10.1. The van der Waals surface area contributed by atoms with Crippen LogP contribution in [0.2, 0.25) is 0 Å². The van der Waals surface area contributed by atoms with Crippen LogP contribution in [-0.4, -0.2) is 34.2 Å². The molecule has 3 rings (SSSR count). The Bertz CT molecular complexity index is 1140. The Morgan fingerprint density at radius 3 is 2.33 bits per heavy atom. The monoisotopic (exact) mass is 458 g/mol. The summed E-state index contributed by atoms with van der Waals surface area (Å²) in [6.45, 7) is 0. The summed E-state index contributed by atoms with van der Waals surface area (Å²) in [7, 11) is 1.11. The molecular formula is C19H16N5O9-3. The third-order valence-corrected chi connectivity index (χ3v) is 4.34. The number of ether oxygens (including phenoxy) is 2. The first-order chi connectivity index (χ1) is 15.7. The maximum absolute atomic E-state index is 12.0. The van der Waals surface area contributed by atoms with E-state index in [4.69, 9.17) is 4.74 Å². The average Bonchev–Trinajstić information content (AvgIpc) is 3.18. The number of carbonyl (C=O) groups excluding carboxylic acids is 1. The zero-order chi connectivity index (χ0) is 24.1. The van der Waals surface area contributed by atoms with Crippen LogP contribution in [-0.2, 0) is 9.47 Å². The molecule has 1 aliphatic heterocycles. The lowest BCUT2D eigenvalue weighted by molar-refractivity contribution is -0.377. The number of benzene rings is 2. The Kier molecular flexibility index (Phi) is 6.85. The molecule has 2 aromatic carbocycles. The standard InChI is InChI=1S/C19H16N5O9/c1-32-19(25)21-20-10-15-17(24(30)31)16(11-4-2-6-13(8-11)22(26)27)18(33-15)12-5-3-7-14(9-12)23(28)29/h2-10,20,26-27H,1H3,(H-,21,25,30,31)/q-3. The minimum Gasteiger partial charge on any atom is -0.769 e. The van der Waals surface area contributed by atoms with Gasteiger partial charge in [0.2, 0.25) is 5.76 Å². The predicted molar refractivity (Wildman–Crippen MR) is 115 cm³/mol. The Labute approximate surface area is 185 Å². The fourth-order valence-corrected chi connectivity index (χ4v) is 2.95. The SMILES string of the molecule is COC(=O)NNC=C1OC(c2cccc(N([O-])[O-])c2)=C(c2cccc(N(O)O)c2)C1=[N+]([O-])[O-]. The van der Waals surface area contributed by atoms with Gasteiger partial charge in [0, 0.05) is 11.3 Å². The Morgan fingerprint density at radius 1 is 1.09 bits per heavy atom. The Balaban J connectivity index is 2.19. The quantitative estimate of drug-likeness (QED) is 0.363. The maximum Gasteiger partial charge on any atom is 0.425 e. The summed E-state index contributed by atoms with van der Waals surface area (Å²) in [5.41, 5.74) is 3.68. The van der Waals surface area contributed by atoms with Crippen molar-refractivity contribution in [2.24, 2.45) is 0 Å². The molecule has 1 aliphatic rings. The highest BCUT2D eigenvalue weighted by Crippen LogP contribution is 2.40. The Morgan fingerprint density at radius 2 is 1.73 bits per heavy atom. The number of hydrazine groups is 1.